The molecule has 1 fully saturated rings. The molecule has 10 heavy (non-hydrogen) atoms. The molecule has 1 heterocycles. The van der Waals surface area contributed by atoms with Crippen LogP contribution in [0.15, 0.2) is 0 Å². The number of thiocarbonyl (C=S) groups is 1. The van der Waals surface area contributed by atoms with Gasteiger partial charge >= 0.3 is 51.4 Å². The Morgan fingerprint density at radius 1 is 1.40 bits per heavy atom. The van der Waals surface area contributed by atoms with Gasteiger partial charge in [-0.25, -0.2) is 0 Å². The number of ether oxygens (including phenoxy) is 1. The fourth-order valence-electron chi connectivity index (χ4n) is 0.746. The zero-order chi connectivity index (χ0) is 6.69. The van der Waals surface area contributed by atoms with E-state index in [0.717, 1.165) is 0 Å². The summed E-state index contributed by atoms with van der Waals surface area (Å²) in [7, 11) is 0. The van der Waals surface area contributed by atoms with E-state index in [1.807, 2.05) is 0 Å². The van der Waals surface area contributed by atoms with E-state index in [1.165, 1.54) is 0 Å². The predicted octanol–water partition coefficient (Wildman–Crippen LogP) is -4.03. The number of rotatable bonds is 0. The van der Waals surface area contributed by atoms with Crippen molar-refractivity contribution in [2.24, 2.45) is 0 Å². The molecule has 0 amide bonds. The first-order valence-electron chi connectivity index (χ1n) is 2.84. The van der Waals surface area contributed by atoms with Crippen LogP contribution in [0.5, 0.6) is 0 Å². The number of morpholine rings is 1. The van der Waals surface area contributed by atoms with E-state index in [1.54, 1.807) is 4.90 Å². The van der Waals surface area contributed by atoms with Crippen LogP contribution in [0.2, 0.25) is 0 Å². The SMILES string of the molecule is [K+].[O-]C(=S)N1CCOCC1. The molecule has 0 atom stereocenters. The molecule has 0 aromatic heterocycles. The second-order valence-corrected chi connectivity index (χ2v) is 2.21. The van der Waals surface area contributed by atoms with Gasteiger partial charge in [-0.3, -0.25) is 0 Å². The Kier molecular flexibility index (Phi) is 6.63. The van der Waals surface area contributed by atoms with Gasteiger partial charge in [-0.05, 0) is 0 Å². The Balaban J connectivity index is 0.000000810. The van der Waals surface area contributed by atoms with E-state index in [4.69, 9.17) is 4.74 Å². The quantitative estimate of drug-likeness (QED) is 0.284. The zero-order valence-electron chi connectivity index (χ0n) is 6.00. The Hall–Kier alpha value is 1.29. The summed E-state index contributed by atoms with van der Waals surface area (Å²) in [4.78, 5) is 1.61. The summed E-state index contributed by atoms with van der Waals surface area (Å²) in [6, 6.07) is 0. The van der Waals surface area contributed by atoms with Crippen molar-refractivity contribution >= 4 is 17.4 Å². The van der Waals surface area contributed by atoms with E-state index < -0.39 is 0 Å². The Bertz CT molecular complexity index is 116. The van der Waals surface area contributed by atoms with E-state index >= 15 is 0 Å². The second kappa shape index (κ2) is 5.88. The molecule has 0 radical (unpaired) electrons. The molecule has 1 saturated heterocycles. The van der Waals surface area contributed by atoms with Crippen molar-refractivity contribution in [1.82, 2.24) is 4.90 Å². The first kappa shape index (κ1) is 11.3. The fraction of sp³-hybridized carbons (Fsp3) is 0.800. The largest absolute Gasteiger partial charge is 1.00 e. The number of hydrogen-bond donors (Lipinski definition) is 0. The molecule has 5 heteroatoms. The van der Waals surface area contributed by atoms with Crippen LogP contribution >= 0.6 is 12.2 Å². The average molecular weight is 185 g/mol. The summed E-state index contributed by atoms with van der Waals surface area (Å²) < 4.78 is 5.01. The van der Waals surface area contributed by atoms with Gasteiger partial charge in [0.05, 0.1) is 13.2 Å². The first-order valence-corrected chi connectivity index (χ1v) is 3.25. The van der Waals surface area contributed by atoms with Crippen LogP contribution in [0, 0.1) is 0 Å². The van der Waals surface area contributed by atoms with Crippen LogP contribution < -0.4 is 56.5 Å². The van der Waals surface area contributed by atoms with Crippen LogP contribution in [0.3, 0.4) is 0 Å². The van der Waals surface area contributed by atoms with Crippen molar-refractivity contribution in [3.63, 3.8) is 0 Å². The standard InChI is InChI=1S/C5H9NO2S.K/c7-5(9)6-1-3-8-4-2-6;/h1-4H2,(H,7,9);/q;+1/p-1. The second-order valence-electron chi connectivity index (χ2n) is 1.87. The van der Waals surface area contributed by atoms with Gasteiger partial charge in [0, 0.05) is 18.3 Å². The normalized spacial score (nSPS) is 17.8. The third-order valence-corrected chi connectivity index (χ3v) is 1.53. The maximum Gasteiger partial charge on any atom is 1.00 e. The van der Waals surface area contributed by atoms with Crippen molar-refractivity contribution in [3.05, 3.63) is 0 Å². The van der Waals surface area contributed by atoms with Crippen LogP contribution in [-0.2, 0) is 4.74 Å². The third-order valence-electron chi connectivity index (χ3n) is 1.27. The zero-order valence-corrected chi connectivity index (χ0v) is 9.94. The van der Waals surface area contributed by atoms with E-state index in [-0.39, 0.29) is 56.6 Å². The summed E-state index contributed by atoms with van der Waals surface area (Å²) >= 11 is 4.43. The summed E-state index contributed by atoms with van der Waals surface area (Å²) in [5, 5.41) is 10.2. The van der Waals surface area contributed by atoms with E-state index in [9.17, 15) is 5.11 Å². The van der Waals surface area contributed by atoms with Gasteiger partial charge in [0.15, 0.2) is 0 Å². The summed E-state index contributed by atoms with van der Waals surface area (Å²) in [5.74, 6) is 0. The molecule has 1 aliphatic heterocycles. The molecule has 0 unspecified atom stereocenters. The van der Waals surface area contributed by atoms with Gasteiger partial charge < -0.3 is 14.7 Å². The Labute approximate surface area is 108 Å². The van der Waals surface area contributed by atoms with Gasteiger partial charge in [-0.15, -0.1) is 0 Å². The minimum Gasteiger partial charge on any atom is -0.852 e. The van der Waals surface area contributed by atoms with Gasteiger partial charge in [-0.2, -0.15) is 0 Å². The van der Waals surface area contributed by atoms with Crippen LogP contribution in [0.25, 0.3) is 0 Å². The molecule has 52 valence electrons. The minimum atomic E-state index is -0.265. The molecule has 0 bridgehead atoms. The van der Waals surface area contributed by atoms with Gasteiger partial charge in [0.25, 0.3) is 0 Å². The monoisotopic (exact) mass is 185 g/mol. The molecular weight excluding hydrogens is 177 g/mol. The maximum atomic E-state index is 10.5. The predicted molar refractivity (Wildman–Crippen MR) is 35.0 cm³/mol. The Morgan fingerprint density at radius 2 is 1.90 bits per heavy atom. The number of hydrogen-bond acceptors (Lipinski definition) is 3. The molecule has 1 rings (SSSR count). The molecule has 0 aliphatic carbocycles. The van der Waals surface area contributed by atoms with Gasteiger partial charge in [-0.1, -0.05) is 12.2 Å². The van der Waals surface area contributed by atoms with Crippen LogP contribution in [0.1, 0.15) is 0 Å². The van der Waals surface area contributed by atoms with Crippen molar-refractivity contribution in [3.8, 4) is 0 Å². The van der Waals surface area contributed by atoms with Crippen LogP contribution in [0.4, 0.5) is 0 Å². The van der Waals surface area contributed by atoms with E-state index in [2.05, 4.69) is 12.2 Å². The summed E-state index contributed by atoms with van der Waals surface area (Å²) in [5.41, 5.74) is 0. The smallest absolute Gasteiger partial charge is 0.852 e. The van der Waals surface area contributed by atoms with Crippen molar-refractivity contribution in [2.45, 2.75) is 0 Å². The minimum absolute atomic E-state index is 0. The molecule has 0 spiro atoms. The fourth-order valence-corrected chi connectivity index (χ4v) is 0.928. The van der Waals surface area contributed by atoms with Crippen molar-refractivity contribution in [2.75, 3.05) is 26.3 Å². The maximum absolute atomic E-state index is 10.5. The topological polar surface area (TPSA) is 35.5 Å². The third kappa shape index (κ3) is 3.61. The molecule has 0 aromatic rings. The average Bonchev–Trinajstić information content (AvgIpc) is 1.90. The van der Waals surface area contributed by atoms with Crippen LogP contribution in [-0.4, -0.2) is 36.4 Å². The molecule has 0 N–H and O–H groups in total. The number of nitrogens with zero attached hydrogens (tertiary/aromatic N) is 1. The molecule has 0 aromatic carbocycles. The van der Waals surface area contributed by atoms with Crippen molar-refractivity contribution in [1.29, 1.82) is 0 Å². The Morgan fingerprint density at radius 3 is 2.20 bits per heavy atom. The van der Waals surface area contributed by atoms with Gasteiger partial charge in [0.2, 0.25) is 0 Å². The first-order chi connectivity index (χ1) is 4.30. The molecule has 0 saturated carbocycles. The van der Waals surface area contributed by atoms with E-state index in [0.29, 0.717) is 26.3 Å². The summed E-state index contributed by atoms with van der Waals surface area (Å²) in [6.07, 6.45) is 0. The molecule has 3 nitrogen and oxygen atoms in total. The van der Waals surface area contributed by atoms with Gasteiger partial charge in [0.1, 0.15) is 0 Å². The molecule has 1 aliphatic rings. The molecular formula is C5H8KNO2S. The van der Waals surface area contributed by atoms with Crippen molar-refractivity contribution < 1.29 is 61.2 Å². The summed E-state index contributed by atoms with van der Waals surface area (Å²) in [6.45, 7) is 2.56.